The van der Waals surface area contributed by atoms with Gasteiger partial charge in [-0.3, -0.25) is 9.89 Å². The number of aliphatic hydroxyl groups is 1. The van der Waals surface area contributed by atoms with Crippen LogP contribution in [0.5, 0.6) is 0 Å². The number of nitrogens with zero attached hydrogens (tertiary/aromatic N) is 3. The summed E-state index contributed by atoms with van der Waals surface area (Å²) in [6.45, 7) is 0.293. The lowest BCUT2D eigenvalue weighted by atomic mass is 10.2. The monoisotopic (exact) mass is 271 g/mol. The van der Waals surface area contributed by atoms with Crippen LogP contribution in [0.25, 0.3) is 0 Å². The van der Waals surface area contributed by atoms with Crippen LogP contribution in [0.15, 0.2) is 24.7 Å². The fraction of sp³-hybridized carbons (Fsp3) is 0.231. The van der Waals surface area contributed by atoms with Gasteiger partial charge in [0, 0.05) is 18.2 Å². The lowest BCUT2D eigenvalue weighted by molar-refractivity contribution is 0.0945. The molecule has 0 fully saturated rings. The van der Waals surface area contributed by atoms with Gasteiger partial charge in [0.05, 0.1) is 13.2 Å². The zero-order chi connectivity index (χ0) is 14.2. The first-order valence-corrected chi connectivity index (χ1v) is 5.98. The van der Waals surface area contributed by atoms with E-state index < -0.39 is 0 Å². The highest BCUT2D eigenvalue weighted by atomic mass is 16.2. The smallest absolute Gasteiger partial charge is 0.270 e. The number of rotatable bonds is 4. The largest absolute Gasteiger partial charge is 0.395 e. The number of carbonyl (C=O) groups is 1. The maximum atomic E-state index is 11.8. The zero-order valence-electron chi connectivity index (χ0n) is 10.6. The maximum Gasteiger partial charge on any atom is 0.270 e. The fourth-order valence-electron chi connectivity index (χ4n) is 1.39. The fourth-order valence-corrected chi connectivity index (χ4v) is 1.39. The van der Waals surface area contributed by atoms with Crippen LogP contribution in [0.4, 0.5) is 0 Å². The Hall–Kier alpha value is -2.72. The van der Waals surface area contributed by atoms with Gasteiger partial charge in [0.25, 0.3) is 5.91 Å². The van der Waals surface area contributed by atoms with Crippen molar-refractivity contribution in [2.24, 2.45) is 0 Å². The molecule has 0 spiro atoms. The van der Waals surface area contributed by atoms with Crippen molar-refractivity contribution < 1.29 is 9.90 Å². The molecular weight excluding hydrogens is 258 g/mol. The van der Waals surface area contributed by atoms with Crippen LogP contribution in [0.3, 0.4) is 0 Å². The number of amides is 1. The summed E-state index contributed by atoms with van der Waals surface area (Å²) in [7, 11) is 0. The van der Waals surface area contributed by atoms with Crippen LogP contribution >= 0.6 is 0 Å². The Balaban J connectivity index is 1.92. The average Bonchev–Trinajstić information content (AvgIpc) is 2.99. The Morgan fingerprint density at radius 3 is 2.95 bits per heavy atom. The summed E-state index contributed by atoms with van der Waals surface area (Å²) in [5.41, 5.74) is 1.00. The third kappa shape index (κ3) is 3.90. The molecule has 20 heavy (non-hydrogen) atoms. The number of pyridine rings is 1. The van der Waals surface area contributed by atoms with Gasteiger partial charge in [-0.15, -0.1) is 0 Å². The van der Waals surface area contributed by atoms with E-state index in [2.05, 4.69) is 37.3 Å². The van der Waals surface area contributed by atoms with Crippen molar-refractivity contribution in [3.05, 3.63) is 41.7 Å². The van der Waals surface area contributed by atoms with E-state index in [1.807, 2.05) is 0 Å². The molecule has 1 amide bonds. The van der Waals surface area contributed by atoms with Crippen LogP contribution in [-0.4, -0.2) is 37.8 Å². The molecule has 0 saturated heterocycles. The Morgan fingerprint density at radius 1 is 1.40 bits per heavy atom. The van der Waals surface area contributed by atoms with Gasteiger partial charge in [-0.1, -0.05) is 11.8 Å². The van der Waals surface area contributed by atoms with Crippen LogP contribution in [-0.2, 0) is 6.54 Å². The molecule has 0 atom stereocenters. The van der Waals surface area contributed by atoms with Crippen LogP contribution in [0.2, 0.25) is 0 Å². The van der Waals surface area contributed by atoms with Crippen molar-refractivity contribution in [1.82, 2.24) is 25.5 Å². The minimum absolute atomic E-state index is 0.0303. The third-order valence-electron chi connectivity index (χ3n) is 2.35. The van der Waals surface area contributed by atoms with E-state index in [1.165, 1.54) is 12.5 Å². The van der Waals surface area contributed by atoms with Gasteiger partial charge >= 0.3 is 0 Å². The summed E-state index contributed by atoms with van der Waals surface area (Å²) in [5, 5.41) is 17.6. The first-order valence-electron chi connectivity index (χ1n) is 5.98. The van der Waals surface area contributed by atoms with Crippen molar-refractivity contribution in [3.8, 4) is 11.8 Å². The minimum Gasteiger partial charge on any atom is -0.395 e. The Bertz CT molecular complexity index is 610. The van der Waals surface area contributed by atoms with E-state index in [1.54, 1.807) is 12.1 Å². The summed E-state index contributed by atoms with van der Waals surface area (Å²) in [5.74, 6) is 5.90. The lowest BCUT2D eigenvalue weighted by Gasteiger charge is -2.02. The van der Waals surface area contributed by atoms with Gasteiger partial charge < -0.3 is 10.4 Å². The van der Waals surface area contributed by atoms with Crippen LogP contribution in [0.1, 0.15) is 28.3 Å². The molecule has 0 unspecified atom stereocenters. The maximum absolute atomic E-state index is 11.8. The second-order valence-electron chi connectivity index (χ2n) is 3.82. The molecule has 0 aromatic carbocycles. The molecule has 7 heteroatoms. The van der Waals surface area contributed by atoms with Crippen molar-refractivity contribution in [1.29, 1.82) is 0 Å². The van der Waals surface area contributed by atoms with E-state index >= 15 is 0 Å². The summed E-state index contributed by atoms with van der Waals surface area (Å²) in [6, 6.07) is 3.30. The molecule has 0 bridgehead atoms. The summed E-state index contributed by atoms with van der Waals surface area (Å²) < 4.78 is 0. The van der Waals surface area contributed by atoms with Gasteiger partial charge in [0.15, 0.2) is 0 Å². The van der Waals surface area contributed by atoms with Gasteiger partial charge in [-0.05, 0) is 12.1 Å². The van der Waals surface area contributed by atoms with Crippen LogP contribution < -0.4 is 5.32 Å². The van der Waals surface area contributed by atoms with Crippen molar-refractivity contribution in [2.75, 3.05) is 6.61 Å². The number of hydrogen-bond acceptors (Lipinski definition) is 5. The second kappa shape index (κ2) is 7.01. The molecule has 7 nitrogen and oxygen atoms in total. The molecule has 2 heterocycles. The summed E-state index contributed by atoms with van der Waals surface area (Å²) >= 11 is 0. The molecule has 2 rings (SSSR count). The predicted octanol–water partition coefficient (Wildman–Crippen LogP) is -0.136. The standard InChI is InChI=1S/C13H13N5O2/c19-6-2-1-3-10-4-5-11(14-7-10)13(20)15-8-12-16-9-17-18-12/h4-5,7,9,19H,2,6,8H2,(H,15,20)(H,16,17,18). The Morgan fingerprint density at radius 2 is 2.30 bits per heavy atom. The normalized spacial score (nSPS) is 9.65. The Labute approximate surface area is 115 Å². The predicted molar refractivity (Wildman–Crippen MR) is 70.4 cm³/mol. The number of aliphatic hydroxyl groups excluding tert-OH is 1. The third-order valence-corrected chi connectivity index (χ3v) is 2.35. The zero-order valence-corrected chi connectivity index (χ0v) is 10.6. The highest BCUT2D eigenvalue weighted by Crippen LogP contribution is 1.99. The van der Waals surface area contributed by atoms with Crippen molar-refractivity contribution >= 4 is 5.91 Å². The topological polar surface area (TPSA) is 104 Å². The first kappa shape index (κ1) is 13.7. The highest BCUT2D eigenvalue weighted by Gasteiger charge is 2.07. The number of aromatic amines is 1. The van der Waals surface area contributed by atoms with E-state index in [4.69, 9.17) is 5.11 Å². The molecule has 2 aromatic rings. The SMILES string of the molecule is O=C(NCc1ncn[nH]1)c1ccc(C#CCCO)cn1. The molecule has 0 aliphatic heterocycles. The Kier molecular flexibility index (Phi) is 4.81. The molecule has 0 aliphatic rings. The molecular formula is C13H13N5O2. The number of hydrogen-bond donors (Lipinski definition) is 3. The van der Waals surface area contributed by atoms with Crippen molar-refractivity contribution in [2.45, 2.75) is 13.0 Å². The molecule has 0 saturated carbocycles. The molecule has 0 radical (unpaired) electrons. The molecule has 2 aromatic heterocycles. The summed E-state index contributed by atoms with van der Waals surface area (Å²) in [4.78, 5) is 19.7. The number of aromatic nitrogens is 4. The van der Waals surface area contributed by atoms with E-state index in [9.17, 15) is 4.79 Å². The quantitative estimate of drug-likeness (QED) is 0.672. The highest BCUT2D eigenvalue weighted by molar-refractivity contribution is 5.92. The second-order valence-corrected chi connectivity index (χ2v) is 3.82. The number of H-pyrrole nitrogens is 1. The minimum atomic E-state index is -0.295. The van der Waals surface area contributed by atoms with E-state index in [0.29, 0.717) is 23.5 Å². The van der Waals surface area contributed by atoms with Gasteiger partial charge in [0.2, 0.25) is 0 Å². The number of nitrogens with one attached hydrogen (secondary N) is 2. The molecule has 0 aliphatic carbocycles. The van der Waals surface area contributed by atoms with E-state index in [-0.39, 0.29) is 19.1 Å². The lowest BCUT2D eigenvalue weighted by Crippen LogP contribution is -2.24. The molecule has 3 N–H and O–H groups in total. The van der Waals surface area contributed by atoms with E-state index in [0.717, 1.165) is 0 Å². The van der Waals surface area contributed by atoms with Gasteiger partial charge in [0.1, 0.15) is 17.8 Å². The van der Waals surface area contributed by atoms with Crippen molar-refractivity contribution in [3.63, 3.8) is 0 Å². The average molecular weight is 271 g/mol. The summed E-state index contributed by atoms with van der Waals surface area (Å²) in [6.07, 6.45) is 3.31. The van der Waals surface area contributed by atoms with Crippen LogP contribution in [0, 0.1) is 11.8 Å². The van der Waals surface area contributed by atoms with Gasteiger partial charge in [-0.2, -0.15) is 5.10 Å². The molecule has 102 valence electrons. The number of carbonyl (C=O) groups excluding carboxylic acids is 1. The van der Waals surface area contributed by atoms with Gasteiger partial charge in [-0.25, -0.2) is 9.97 Å². The first-order chi connectivity index (χ1) is 9.79.